The number of aromatic nitrogens is 2. The van der Waals surface area contributed by atoms with Crippen LogP contribution in [0.15, 0.2) is 16.9 Å². The molecule has 4 N–H and O–H groups in total. The summed E-state index contributed by atoms with van der Waals surface area (Å²) in [4.78, 5) is 31.2. The van der Waals surface area contributed by atoms with E-state index in [4.69, 9.17) is 10.7 Å². The summed E-state index contributed by atoms with van der Waals surface area (Å²) >= 11 is 0. The van der Waals surface area contributed by atoms with Crippen molar-refractivity contribution in [3.05, 3.63) is 61.7 Å². The Bertz CT molecular complexity index is 1510. The number of hydrogen-bond donors (Lipinski definition) is 3. The van der Waals surface area contributed by atoms with Crippen LogP contribution < -0.4 is 16.6 Å². The van der Waals surface area contributed by atoms with Crippen LogP contribution in [0.25, 0.3) is 22.3 Å². The highest BCUT2D eigenvalue weighted by atomic mass is 19.1. The van der Waals surface area contributed by atoms with Gasteiger partial charge in [0.05, 0.1) is 35.1 Å². The van der Waals surface area contributed by atoms with Gasteiger partial charge in [-0.05, 0) is 80.3 Å². The van der Waals surface area contributed by atoms with Crippen molar-refractivity contribution < 1.29 is 14.3 Å². The molecule has 0 saturated carbocycles. The lowest BCUT2D eigenvalue weighted by molar-refractivity contribution is -0.122. The quantitative estimate of drug-likeness (QED) is 0.398. The van der Waals surface area contributed by atoms with Gasteiger partial charge >= 0.3 is 0 Å². The molecule has 188 valence electrons. The Morgan fingerprint density at radius 1 is 1.31 bits per heavy atom. The van der Waals surface area contributed by atoms with E-state index in [9.17, 15) is 19.1 Å². The zero-order valence-corrected chi connectivity index (χ0v) is 20.7. The van der Waals surface area contributed by atoms with Crippen LogP contribution >= 0.6 is 0 Å². The summed E-state index contributed by atoms with van der Waals surface area (Å²) in [5.41, 5.74) is 11.0. The third kappa shape index (κ3) is 3.20. The Morgan fingerprint density at radius 2 is 2.11 bits per heavy atom. The van der Waals surface area contributed by atoms with E-state index in [0.717, 1.165) is 22.1 Å². The maximum absolute atomic E-state index is 14.9. The highest BCUT2D eigenvalue weighted by Gasteiger charge is 2.40. The number of carbonyl (C=O) groups excluding carboxylic acids is 1. The second-order valence-electron chi connectivity index (χ2n) is 10.5. The molecule has 0 spiro atoms. The molecule has 3 heterocycles. The molecule has 0 fully saturated rings. The Kier molecular flexibility index (Phi) is 5.32. The van der Waals surface area contributed by atoms with Gasteiger partial charge in [0.15, 0.2) is 0 Å². The number of benzene rings is 1. The number of carbonyl (C=O) groups is 1. The number of aliphatic hydroxyl groups is 1. The maximum Gasteiger partial charge on any atom is 0.254 e. The molecule has 2 aromatic heterocycles. The largest absolute Gasteiger partial charge is 0.385 e. The van der Waals surface area contributed by atoms with Gasteiger partial charge in [0, 0.05) is 29.0 Å². The Hall–Kier alpha value is -3.10. The first-order chi connectivity index (χ1) is 17.3. The molecule has 3 aromatic rings. The van der Waals surface area contributed by atoms with Gasteiger partial charge in [0.2, 0.25) is 5.91 Å². The lowest BCUT2D eigenvalue weighted by Gasteiger charge is -2.29. The smallest absolute Gasteiger partial charge is 0.254 e. The maximum atomic E-state index is 14.9. The Labute approximate surface area is 208 Å². The van der Waals surface area contributed by atoms with Gasteiger partial charge in [0.1, 0.15) is 5.82 Å². The lowest BCUT2D eigenvalue weighted by Crippen LogP contribution is -2.32. The molecule has 6 rings (SSSR count). The number of pyridine rings is 2. The Balaban J connectivity index is 1.59. The summed E-state index contributed by atoms with van der Waals surface area (Å²) in [6.07, 6.45) is 3.85. The minimum atomic E-state index is -1.02. The van der Waals surface area contributed by atoms with Gasteiger partial charge in [-0.25, -0.2) is 9.37 Å². The number of amides is 1. The van der Waals surface area contributed by atoms with Crippen LogP contribution in [0.1, 0.15) is 78.5 Å². The number of nitrogens with one attached hydrogen (secondary N) is 1. The van der Waals surface area contributed by atoms with E-state index in [1.807, 2.05) is 13.0 Å². The molecule has 0 saturated heterocycles. The number of rotatable bonds is 5. The van der Waals surface area contributed by atoms with Gasteiger partial charge in [-0.1, -0.05) is 6.92 Å². The van der Waals surface area contributed by atoms with Crippen molar-refractivity contribution in [2.75, 3.05) is 6.54 Å². The second-order valence-corrected chi connectivity index (χ2v) is 10.5. The number of fused-ring (bicyclic) bond motifs is 5. The van der Waals surface area contributed by atoms with Crippen molar-refractivity contribution in [1.82, 2.24) is 14.9 Å². The summed E-state index contributed by atoms with van der Waals surface area (Å²) in [6.45, 7) is 4.51. The van der Waals surface area contributed by atoms with Crippen LogP contribution in [0, 0.1) is 12.7 Å². The molecule has 0 radical (unpaired) electrons. The van der Waals surface area contributed by atoms with E-state index < -0.39 is 5.60 Å². The molecule has 1 aliphatic heterocycles. The number of nitrogens with two attached hydrogens (primary N) is 1. The summed E-state index contributed by atoms with van der Waals surface area (Å²) in [6, 6.07) is 3.12. The standard InChI is InChI=1S/C28H31FN4O3/c1-3-28(36)9-8-16-18(28)11-22-26-17(13-33(22)27(16)35)25-20(31-23(34)5-4-10-30)7-6-15-14(2)19(29)12-21(32-26)24(15)25/h11-12,20,36H,3-10,13,30H2,1-2H3,(H,31,34)/t20-,28+/m0/s1. The van der Waals surface area contributed by atoms with E-state index in [-0.39, 0.29) is 23.3 Å². The van der Waals surface area contributed by atoms with Gasteiger partial charge in [-0.15, -0.1) is 0 Å². The van der Waals surface area contributed by atoms with Gasteiger partial charge < -0.3 is 20.7 Å². The van der Waals surface area contributed by atoms with Crippen LogP contribution in [0.3, 0.4) is 0 Å². The van der Waals surface area contributed by atoms with Crippen LogP contribution in [-0.4, -0.2) is 27.1 Å². The topological polar surface area (TPSA) is 110 Å². The van der Waals surface area contributed by atoms with Crippen molar-refractivity contribution in [3.63, 3.8) is 0 Å². The molecule has 2 aliphatic carbocycles. The molecule has 7 nitrogen and oxygen atoms in total. The zero-order chi connectivity index (χ0) is 25.4. The second kappa shape index (κ2) is 8.21. The minimum Gasteiger partial charge on any atom is -0.385 e. The van der Waals surface area contributed by atoms with Crippen LogP contribution in [0.4, 0.5) is 4.39 Å². The van der Waals surface area contributed by atoms with Crippen molar-refractivity contribution in [2.24, 2.45) is 5.73 Å². The highest BCUT2D eigenvalue weighted by Crippen LogP contribution is 2.46. The predicted molar refractivity (Wildman–Crippen MR) is 135 cm³/mol. The highest BCUT2D eigenvalue weighted by molar-refractivity contribution is 5.93. The first-order valence-electron chi connectivity index (χ1n) is 12.9. The van der Waals surface area contributed by atoms with Gasteiger partial charge in [0.25, 0.3) is 5.56 Å². The summed E-state index contributed by atoms with van der Waals surface area (Å²) in [5.74, 6) is -0.364. The molecular formula is C28H31FN4O3. The fourth-order valence-corrected chi connectivity index (χ4v) is 6.51. The fraction of sp³-hybridized carbons (Fsp3) is 0.464. The van der Waals surface area contributed by atoms with Crippen molar-refractivity contribution in [3.8, 4) is 11.4 Å². The molecule has 0 unspecified atom stereocenters. The average Bonchev–Trinajstić information content (AvgIpc) is 3.41. The van der Waals surface area contributed by atoms with Crippen molar-refractivity contribution >= 4 is 16.8 Å². The molecule has 8 heteroatoms. The van der Waals surface area contributed by atoms with Gasteiger partial charge in [-0.3, -0.25) is 9.59 Å². The average molecular weight is 491 g/mol. The molecule has 1 aromatic carbocycles. The first kappa shape index (κ1) is 23.3. The van der Waals surface area contributed by atoms with Crippen molar-refractivity contribution in [1.29, 1.82) is 0 Å². The van der Waals surface area contributed by atoms with Crippen LogP contribution in [-0.2, 0) is 29.8 Å². The van der Waals surface area contributed by atoms with Crippen molar-refractivity contribution in [2.45, 2.75) is 77.0 Å². The van der Waals surface area contributed by atoms with Crippen LogP contribution in [0.5, 0.6) is 0 Å². The van der Waals surface area contributed by atoms with E-state index in [0.29, 0.717) is 91.6 Å². The fourth-order valence-electron chi connectivity index (χ4n) is 6.51. The van der Waals surface area contributed by atoms with E-state index >= 15 is 0 Å². The third-order valence-corrected chi connectivity index (χ3v) is 8.55. The number of hydrogen-bond acceptors (Lipinski definition) is 5. The SMILES string of the molecule is CC[C@@]1(O)CCc2c1cc1n(c2=O)Cc2c-1nc1cc(F)c(C)c3c1c2[C@@H](NC(=O)CCCN)CC3. The monoisotopic (exact) mass is 490 g/mol. The minimum absolute atomic E-state index is 0.0638. The van der Waals surface area contributed by atoms with Gasteiger partial charge in [-0.2, -0.15) is 0 Å². The molecule has 1 amide bonds. The summed E-state index contributed by atoms with van der Waals surface area (Å²) in [5, 5.41) is 15.3. The molecule has 2 atom stereocenters. The molecule has 3 aliphatic rings. The molecule has 0 bridgehead atoms. The van der Waals surface area contributed by atoms with E-state index in [1.165, 1.54) is 6.07 Å². The number of aryl methyl sites for hydroxylation is 1. The van der Waals surface area contributed by atoms with Crippen LogP contribution in [0.2, 0.25) is 0 Å². The summed E-state index contributed by atoms with van der Waals surface area (Å²) in [7, 11) is 0. The normalized spacial score (nSPS) is 21.4. The van der Waals surface area contributed by atoms with E-state index in [1.54, 1.807) is 11.5 Å². The third-order valence-electron chi connectivity index (χ3n) is 8.55. The predicted octanol–water partition coefficient (Wildman–Crippen LogP) is 3.26. The molecule has 36 heavy (non-hydrogen) atoms. The molecular weight excluding hydrogens is 459 g/mol. The zero-order valence-electron chi connectivity index (χ0n) is 20.7. The lowest BCUT2D eigenvalue weighted by atomic mass is 9.81. The number of nitrogens with zero attached hydrogens (tertiary/aromatic N) is 2. The van der Waals surface area contributed by atoms with E-state index in [2.05, 4.69) is 5.32 Å². The Morgan fingerprint density at radius 3 is 2.86 bits per heavy atom. The number of halogens is 1. The summed E-state index contributed by atoms with van der Waals surface area (Å²) < 4.78 is 16.7. The first-order valence-corrected chi connectivity index (χ1v) is 12.9.